The third kappa shape index (κ3) is 13.2. The highest BCUT2D eigenvalue weighted by Gasteiger charge is 2.30. The molecule has 0 fully saturated rings. The van der Waals surface area contributed by atoms with Crippen LogP contribution in [0.4, 0.5) is 0 Å². The van der Waals surface area contributed by atoms with E-state index in [9.17, 15) is 34.2 Å². The van der Waals surface area contributed by atoms with Crippen molar-refractivity contribution < 1.29 is 39.3 Å². The average Bonchev–Trinajstić information content (AvgIpc) is 2.84. The fraction of sp³-hybridized carbons (Fsp3) is 0.522. The Kier molecular flexibility index (Phi) is 15.5. The van der Waals surface area contributed by atoms with E-state index in [1.54, 1.807) is 13.8 Å². The quantitative estimate of drug-likeness (QED) is 0.156. The molecule has 0 bridgehead atoms. The summed E-state index contributed by atoms with van der Waals surface area (Å²) in [5.41, 5.74) is 11.8. The number of aliphatic carboxylic acids is 2. The monoisotopic (exact) mass is 496 g/mol. The van der Waals surface area contributed by atoms with Crippen LogP contribution in [-0.2, 0) is 30.4 Å². The van der Waals surface area contributed by atoms with E-state index in [1.165, 1.54) is 0 Å². The van der Waals surface area contributed by atoms with Crippen molar-refractivity contribution in [3.63, 3.8) is 0 Å². The fourth-order valence-corrected chi connectivity index (χ4v) is 2.73. The Morgan fingerprint density at radius 2 is 1.63 bits per heavy atom. The summed E-state index contributed by atoms with van der Waals surface area (Å²) in [6.45, 7) is 2.84. The molecule has 12 heteroatoms. The average molecular weight is 497 g/mol. The summed E-state index contributed by atoms with van der Waals surface area (Å²) >= 11 is 0. The summed E-state index contributed by atoms with van der Waals surface area (Å²) in [7, 11) is 0. The lowest BCUT2D eigenvalue weighted by Gasteiger charge is -2.24. The second kappa shape index (κ2) is 17.1. The first-order chi connectivity index (χ1) is 16.5. The first kappa shape index (κ1) is 31.6. The third-order valence-corrected chi connectivity index (χ3v) is 5.09. The summed E-state index contributed by atoms with van der Waals surface area (Å²) in [5.74, 6) is -3.76. The zero-order valence-electron chi connectivity index (χ0n) is 19.9. The van der Waals surface area contributed by atoms with Crippen LogP contribution >= 0.6 is 0 Å². The van der Waals surface area contributed by atoms with Crippen LogP contribution in [0.5, 0.6) is 0 Å². The number of nitrogens with one attached hydrogen (secondary N) is 2. The molecule has 0 aliphatic heterocycles. The lowest BCUT2D eigenvalue weighted by molar-refractivity contribution is -0.144. The molecule has 0 spiro atoms. The number of benzene rings is 1. The van der Waals surface area contributed by atoms with Crippen molar-refractivity contribution in [1.29, 1.82) is 0 Å². The van der Waals surface area contributed by atoms with Gasteiger partial charge < -0.3 is 42.2 Å². The predicted octanol–water partition coefficient (Wildman–Crippen LogP) is -0.974. The largest absolute Gasteiger partial charge is 0.481 e. The Hall–Kier alpha value is -3.35. The molecule has 1 aromatic rings. The number of aldehydes is 1. The lowest BCUT2D eigenvalue weighted by Crippen LogP contribution is -2.57. The van der Waals surface area contributed by atoms with E-state index >= 15 is 0 Å². The van der Waals surface area contributed by atoms with Crippen molar-refractivity contribution in [1.82, 2.24) is 10.6 Å². The van der Waals surface area contributed by atoms with Gasteiger partial charge in [0.2, 0.25) is 11.8 Å². The molecule has 0 heterocycles. The molecule has 1 rings (SSSR count). The van der Waals surface area contributed by atoms with E-state index in [-0.39, 0.29) is 25.2 Å². The summed E-state index contributed by atoms with van der Waals surface area (Å²) in [4.78, 5) is 55.4. The van der Waals surface area contributed by atoms with Gasteiger partial charge in [0.05, 0.1) is 18.7 Å². The minimum atomic E-state index is -1.27. The molecular formula is C23H36N4O8. The van der Waals surface area contributed by atoms with Gasteiger partial charge in [-0.3, -0.25) is 14.4 Å². The van der Waals surface area contributed by atoms with Gasteiger partial charge in [0, 0.05) is 6.42 Å². The van der Waals surface area contributed by atoms with Crippen LogP contribution in [0.3, 0.4) is 0 Å². The SMILES string of the molecule is CC[C@H](C)[C@H](NC(=O)[C@H](CO)NC(=O)[C@@H](N)Cc1ccccc1)C(=O)O.N[C@H](C=O)CCC(=O)O. The number of rotatable bonds is 14. The van der Waals surface area contributed by atoms with Crippen LogP contribution in [0.2, 0.25) is 0 Å². The second-order valence-electron chi connectivity index (χ2n) is 7.98. The molecule has 12 nitrogen and oxygen atoms in total. The van der Waals surface area contributed by atoms with E-state index in [0.717, 1.165) is 5.56 Å². The third-order valence-electron chi connectivity index (χ3n) is 5.09. The molecule has 0 unspecified atom stereocenters. The Bertz CT molecular complexity index is 821. The van der Waals surface area contributed by atoms with Gasteiger partial charge in [0.15, 0.2) is 0 Å². The van der Waals surface area contributed by atoms with Crippen molar-refractivity contribution in [2.75, 3.05) is 6.61 Å². The Balaban J connectivity index is 0.00000109. The van der Waals surface area contributed by atoms with Gasteiger partial charge >= 0.3 is 11.9 Å². The number of carboxylic acid groups (broad SMARTS) is 2. The van der Waals surface area contributed by atoms with Crippen LogP contribution in [0, 0.1) is 5.92 Å². The number of aliphatic hydroxyl groups excluding tert-OH is 1. The second-order valence-corrected chi connectivity index (χ2v) is 7.98. The van der Waals surface area contributed by atoms with Gasteiger partial charge in [0.1, 0.15) is 18.4 Å². The van der Waals surface area contributed by atoms with Crippen LogP contribution in [0.1, 0.15) is 38.7 Å². The van der Waals surface area contributed by atoms with E-state index in [2.05, 4.69) is 10.6 Å². The van der Waals surface area contributed by atoms with Gasteiger partial charge in [-0.2, -0.15) is 0 Å². The minimum absolute atomic E-state index is 0.0418. The van der Waals surface area contributed by atoms with Gasteiger partial charge in [0.25, 0.3) is 0 Å². The number of hydrogen-bond acceptors (Lipinski definition) is 8. The molecule has 0 saturated carbocycles. The maximum atomic E-state index is 12.2. The molecule has 1 aromatic carbocycles. The highest BCUT2D eigenvalue weighted by atomic mass is 16.4. The van der Waals surface area contributed by atoms with Gasteiger partial charge in [-0.05, 0) is 24.3 Å². The molecule has 2 amide bonds. The number of hydrogen-bond donors (Lipinski definition) is 7. The number of carboxylic acids is 2. The molecule has 0 aliphatic carbocycles. The van der Waals surface area contributed by atoms with Crippen LogP contribution in [-0.4, -0.2) is 76.1 Å². The van der Waals surface area contributed by atoms with Crippen molar-refractivity contribution in [2.45, 2.75) is 63.7 Å². The molecule has 0 radical (unpaired) electrons. The number of carbonyl (C=O) groups is 5. The van der Waals surface area contributed by atoms with Crippen LogP contribution in [0.25, 0.3) is 0 Å². The first-order valence-corrected chi connectivity index (χ1v) is 11.1. The van der Waals surface area contributed by atoms with Crippen molar-refractivity contribution in [2.24, 2.45) is 17.4 Å². The number of amides is 2. The van der Waals surface area contributed by atoms with E-state index in [4.69, 9.17) is 16.6 Å². The minimum Gasteiger partial charge on any atom is -0.481 e. The maximum Gasteiger partial charge on any atom is 0.326 e. The molecule has 0 saturated heterocycles. The molecule has 5 atom stereocenters. The first-order valence-electron chi connectivity index (χ1n) is 11.1. The van der Waals surface area contributed by atoms with Crippen LogP contribution in [0.15, 0.2) is 30.3 Å². The summed E-state index contributed by atoms with van der Waals surface area (Å²) in [6, 6.07) is 5.25. The predicted molar refractivity (Wildman–Crippen MR) is 127 cm³/mol. The standard InChI is InChI=1S/C18H27N3O5.C5H9NO3/c1-3-11(2)15(18(25)26)21-17(24)14(10-22)20-16(23)13(19)9-12-7-5-4-6-8-12;6-4(3-7)1-2-5(8)9/h4-8,11,13-15,22H,3,9-10,19H2,1-2H3,(H,20,23)(H,21,24)(H,25,26);3-4H,1-2,6H2,(H,8,9)/t11-,13-,14-,15-;4-/m00/s1. The van der Waals surface area contributed by atoms with E-state index in [1.807, 2.05) is 30.3 Å². The Labute approximate surface area is 204 Å². The topological polar surface area (TPSA) is 222 Å². The Morgan fingerprint density at radius 1 is 1.03 bits per heavy atom. The normalized spacial score (nSPS) is 14.7. The summed E-state index contributed by atoms with van der Waals surface area (Å²) in [5, 5.41) is 31.4. The molecule has 0 aliphatic rings. The number of carbonyl (C=O) groups excluding carboxylic acids is 3. The summed E-state index contributed by atoms with van der Waals surface area (Å²) in [6.07, 6.45) is 1.55. The van der Waals surface area contributed by atoms with Crippen molar-refractivity contribution in [3.05, 3.63) is 35.9 Å². The zero-order chi connectivity index (χ0) is 27.0. The molecule has 196 valence electrons. The summed E-state index contributed by atoms with van der Waals surface area (Å²) < 4.78 is 0. The maximum absolute atomic E-state index is 12.2. The smallest absolute Gasteiger partial charge is 0.326 e. The Morgan fingerprint density at radius 3 is 2.09 bits per heavy atom. The van der Waals surface area contributed by atoms with Gasteiger partial charge in [-0.15, -0.1) is 0 Å². The fourth-order valence-electron chi connectivity index (χ4n) is 2.73. The van der Waals surface area contributed by atoms with Crippen molar-refractivity contribution in [3.8, 4) is 0 Å². The highest BCUT2D eigenvalue weighted by Crippen LogP contribution is 2.08. The van der Waals surface area contributed by atoms with E-state index in [0.29, 0.717) is 12.7 Å². The molecule has 35 heavy (non-hydrogen) atoms. The van der Waals surface area contributed by atoms with Crippen molar-refractivity contribution >= 4 is 30.0 Å². The molecule has 9 N–H and O–H groups in total. The molecular weight excluding hydrogens is 460 g/mol. The lowest BCUT2D eigenvalue weighted by atomic mass is 9.99. The number of nitrogens with two attached hydrogens (primary N) is 2. The molecule has 0 aromatic heterocycles. The highest BCUT2D eigenvalue weighted by molar-refractivity contribution is 5.92. The zero-order valence-corrected chi connectivity index (χ0v) is 19.9. The van der Waals surface area contributed by atoms with E-state index < -0.39 is 54.5 Å². The van der Waals surface area contributed by atoms with Gasteiger partial charge in [-0.1, -0.05) is 50.6 Å². The van der Waals surface area contributed by atoms with Crippen LogP contribution < -0.4 is 22.1 Å². The number of aliphatic hydroxyl groups is 1. The van der Waals surface area contributed by atoms with Gasteiger partial charge in [-0.25, -0.2) is 4.79 Å².